The Labute approximate surface area is 168 Å². The summed E-state index contributed by atoms with van der Waals surface area (Å²) in [6.07, 6.45) is 3.50. The largest absolute Gasteiger partial charge is 0.354 e. The van der Waals surface area contributed by atoms with Crippen LogP contribution in [0.15, 0.2) is 36.0 Å². The van der Waals surface area contributed by atoms with Crippen LogP contribution in [0.2, 0.25) is 0 Å². The molecule has 1 amide bonds. The number of carbonyl (C=O) groups is 1. The number of likely N-dealkylation sites (N-methyl/N-ethyl adjacent to an activating group) is 1. The van der Waals surface area contributed by atoms with E-state index in [2.05, 4.69) is 32.1 Å². The molecule has 28 heavy (non-hydrogen) atoms. The van der Waals surface area contributed by atoms with Crippen LogP contribution in [0, 0.1) is 13.8 Å². The fourth-order valence-corrected chi connectivity index (χ4v) is 4.25. The topological polar surface area (TPSA) is 66.3 Å². The molecule has 0 atom stereocenters. The lowest BCUT2D eigenvalue weighted by atomic mass is 10.2. The van der Waals surface area contributed by atoms with Crippen LogP contribution in [0.1, 0.15) is 21.7 Å². The highest BCUT2D eigenvalue weighted by molar-refractivity contribution is 7.12. The van der Waals surface area contributed by atoms with Gasteiger partial charge in [0, 0.05) is 49.1 Å². The van der Waals surface area contributed by atoms with Crippen LogP contribution >= 0.6 is 11.3 Å². The minimum absolute atomic E-state index is 0.134. The van der Waals surface area contributed by atoms with Gasteiger partial charge in [-0.05, 0) is 39.1 Å². The van der Waals surface area contributed by atoms with Crippen molar-refractivity contribution in [2.75, 3.05) is 43.4 Å². The highest BCUT2D eigenvalue weighted by Crippen LogP contribution is 2.23. The first-order chi connectivity index (χ1) is 13.5. The maximum Gasteiger partial charge on any atom is 0.257 e. The quantitative estimate of drug-likeness (QED) is 0.734. The molecule has 0 spiro atoms. The van der Waals surface area contributed by atoms with Crippen molar-refractivity contribution in [1.82, 2.24) is 19.4 Å². The lowest BCUT2D eigenvalue weighted by molar-refractivity contribution is 0.102. The summed E-state index contributed by atoms with van der Waals surface area (Å²) in [7, 11) is 2.13. The molecule has 146 valence electrons. The number of pyridine rings is 1. The standard InChI is InChI=1S/C20H24N6OS/c1-14-12-17(15(2)26(14)20-21-6-11-28-20)19(27)23-16-4-5-18(22-13-16)25-9-7-24(3)8-10-25/h4-6,11-13H,7-10H2,1-3H3,(H,23,27). The number of amides is 1. The van der Waals surface area contributed by atoms with Gasteiger partial charge >= 0.3 is 0 Å². The second-order valence-corrected chi connectivity index (χ2v) is 7.96. The molecule has 0 unspecified atom stereocenters. The lowest BCUT2D eigenvalue weighted by Gasteiger charge is -2.33. The summed E-state index contributed by atoms with van der Waals surface area (Å²) in [5.41, 5.74) is 3.21. The van der Waals surface area contributed by atoms with E-state index >= 15 is 0 Å². The number of aromatic nitrogens is 3. The van der Waals surface area contributed by atoms with E-state index in [1.807, 2.05) is 42.0 Å². The molecule has 4 heterocycles. The van der Waals surface area contributed by atoms with Gasteiger partial charge in [0.25, 0.3) is 5.91 Å². The third kappa shape index (κ3) is 3.65. The van der Waals surface area contributed by atoms with E-state index in [-0.39, 0.29) is 5.91 Å². The average molecular weight is 397 g/mol. The van der Waals surface area contributed by atoms with Crippen molar-refractivity contribution in [3.05, 3.63) is 52.9 Å². The smallest absolute Gasteiger partial charge is 0.257 e. The Bertz CT molecular complexity index is 956. The first-order valence-electron chi connectivity index (χ1n) is 9.32. The Morgan fingerprint density at radius 1 is 1.14 bits per heavy atom. The number of hydrogen-bond donors (Lipinski definition) is 1. The number of hydrogen-bond acceptors (Lipinski definition) is 6. The Hall–Kier alpha value is -2.71. The van der Waals surface area contributed by atoms with Crippen molar-refractivity contribution in [3.8, 4) is 5.13 Å². The van der Waals surface area contributed by atoms with Crippen molar-refractivity contribution < 1.29 is 4.79 Å². The van der Waals surface area contributed by atoms with E-state index in [1.54, 1.807) is 23.7 Å². The second kappa shape index (κ2) is 7.73. The van der Waals surface area contributed by atoms with Crippen LogP contribution < -0.4 is 10.2 Å². The minimum Gasteiger partial charge on any atom is -0.354 e. The minimum atomic E-state index is -0.134. The fraction of sp³-hybridized carbons (Fsp3) is 0.350. The van der Waals surface area contributed by atoms with Gasteiger partial charge in [0.1, 0.15) is 5.82 Å². The molecule has 3 aromatic rings. The summed E-state index contributed by atoms with van der Waals surface area (Å²) < 4.78 is 2.01. The summed E-state index contributed by atoms with van der Waals surface area (Å²) >= 11 is 1.55. The van der Waals surface area contributed by atoms with Crippen LogP contribution in [0.25, 0.3) is 5.13 Å². The van der Waals surface area contributed by atoms with Crippen LogP contribution in [0.4, 0.5) is 11.5 Å². The maximum absolute atomic E-state index is 12.8. The number of thiazole rings is 1. The van der Waals surface area contributed by atoms with Gasteiger partial charge in [-0.3, -0.25) is 9.36 Å². The third-order valence-corrected chi connectivity index (χ3v) is 5.88. The lowest BCUT2D eigenvalue weighted by Crippen LogP contribution is -2.44. The summed E-state index contributed by atoms with van der Waals surface area (Å²) in [6.45, 7) is 7.94. The van der Waals surface area contributed by atoms with E-state index in [4.69, 9.17) is 0 Å². The summed E-state index contributed by atoms with van der Waals surface area (Å²) in [5.74, 6) is 0.818. The van der Waals surface area contributed by atoms with Gasteiger partial charge in [0.15, 0.2) is 5.13 Å². The number of piperazine rings is 1. The van der Waals surface area contributed by atoms with E-state index in [9.17, 15) is 4.79 Å². The second-order valence-electron chi connectivity index (χ2n) is 7.08. The van der Waals surface area contributed by atoms with Gasteiger partial charge in [-0.15, -0.1) is 11.3 Å². The monoisotopic (exact) mass is 396 g/mol. The number of aryl methyl sites for hydroxylation is 1. The van der Waals surface area contributed by atoms with Gasteiger partial charge in [-0.1, -0.05) is 0 Å². The summed E-state index contributed by atoms with van der Waals surface area (Å²) in [5, 5.41) is 5.76. The molecular formula is C20H24N6OS. The number of nitrogens with zero attached hydrogens (tertiary/aromatic N) is 5. The predicted octanol–water partition coefficient (Wildman–Crippen LogP) is 2.95. The summed E-state index contributed by atoms with van der Waals surface area (Å²) in [6, 6.07) is 5.79. The predicted molar refractivity (Wildman–Crippen MR) is 113 cm³/mol. The van der Waals surface area contributed by atoms with E-state index < -0.39 is 0 Å². The van der Waals surface area contributed by atoms with Crippen LogP contribution in [0.5, 0.6) is 0 Å². The van der Waals surface area contributed by atoms with Crippen molar-refractivity contribution in [2.24, 2.45) is 0 Å². The molecule has 1 aliphatic rings. The van der Waals surface area contributed by atoms with Gasteiger partial charge < -0.3 is 15.1 Å². The van der Waals surface area contributed by atoms with Crippen molar-refractivity contribution in [2.45, 2.75) is 13.8 Å². The molecule has 0 aliphatic carbocycles. The van der Waals surface area contributed by atoms with Crippen LogP contribution in [0.3, 0.4) is 0 Å². The SMILES string of the molecule is Cc1cc(C(=O)Nc2ccc(N3CCN(C)CC3)nc2)c(C)n1-c1nccs1. The first kappa shape index (κ1) is 18.6. The first-order valence-corrected chi connectivity index (χ1v) is 10.2. The molecule has 8 heteroatoms. The van der Waals surface area contributed by atoms with Crippen LogP contribution in [-0.2, 0) is 0 Å². The van der Waals surface area contributed by atoms with Crippen molar-refractivity contribution in [1.29, 1.82) is 0 Å². The number of carbonyl (C=O) groups excluding carboxylic acids is 1. The zero-order valence-electron chi connectivity index (χ0n) is 16.3. The van der Waals surface area contributed by atoms with Gasteiger partial charge in [0.2, 0.25) is 0 Å². The molecule has 1 fully saturated rings. The van der Waals surface area contributed by atoms with Crippen LogP contribution in [-0.4, -0.2) is 58.6 Å². The van der Waals surface area contributed by atoms with Crippen molar-refractivity contribution in [3.63, 3.8) is 0 Å². The molecule has 1 N–H and O–H groups in total. The maximum atomic E-state index is 12.8. The molecule has 1 saturated heterocycles. The van der Waals surface area contributed by atoms with Crippen molar-refractivity contribution >= 4 is 28.7 Å². The van der Waals surface area contributed by atoms with E-state index in [0.717, 1.165) is 48.5 Å². The zero-order chi connectivity index (χ0) is 19.7. The number of rotatable bonds is 4. The van der Waals surface area contributed by atoms with E-state index in [0.29, 0.717) is 11.3 Å². The van der Waals surface area contributed by atoms with Gasteiger partial charge in [-0.2, -0.15) is 0 Å². The molecule has 7 nitrogen and oxygen atoms in total. The molecule has 3 aromatic heterocycles. The highest BCUT2D eigenvalue weighted by Gasteiger charge is 2.19. The Morgan fingerprint density at radius 3 is 2.57 bits per heavy atom. The molecule has 4 rings (SSSR count). The molecule has 0 radical (unpaired) electrons. The molecule has 0 aromatic carbocycles. The Balaban J connectivity index is 1.48. The number of nitrogens with one attached hydrogen (secondary N) is 1. The molecule has 0 saturated carbocycles. The normalized spacial score (nSPS) is 15.0. The molecular weight excluding hydrogens is 372 g/mol. The van der Waals surface area contributed by atoms with E-state index in [1.165, 1.54) is 0 Å². The Kier molecular flexibility index (Phi) is 5.15. The van der Waals surface area contributed by atoms with Gasteiger partial charge in [-0.25, -0.2) is 9.97 Å². The molecule has 0 bridgehead atoms. The summed E-state index contributed by atoms with van der Waals surface area (Å²) in [4.78, 5) is 26.3. The third-order valence-electron chi connectivity index (χ3n) is 5.12. The average Bonchev–Trinajstić information content (AvgIpc) is 3.31. The fourth-order valence-electron chi connectivity index (χ4n) is 3.49. The molecule has 1 aliphatic heterocycles. The van der Waals surface area contributed by atoms with Gasteiger partial charge in [0.05, 0.1) is 17.4 Å². The zero-order valence-corrected chi connectivity index (χ0v) is 17.2. The highest BCUT2D eigenvalue weighted by atomic mass is 32.1. The number of anilines is 2. The Morgan fingerprint density at radius 2 is 1.93 bits per heavy atom.